The van der Waals surface area contributed by atoms with E-state index >= 15 is 0 Å². The van der Waals surface area contributed by atoms with E-state index in [2.05, 4.69) is 4.90 Å². The van der Waals surface area contributed by atoms with Crippen molar-refractivity contribution in [3.05, 3.63) is 66.0 Å². The average Bonchev–Trinajstić information content (AvgIpc) is 3.19. The van der Waals surface area contributed by atoms with Gasteiger partial charge >= 0.3 is 12.1 Å². The van der Waals surface area contributed by atoms with Gasteiger partial charge in [-0.1, -0.05) is 30.3 Å². The number of aliphatic carboxylic acids is 1. The monoisotopic (exact) mass is 495 g/mol. The molecule has 2 saturated heterocycles. The van der Waals surface area contributed by atoms with Crippen molar-refractivity contribution in [2.75, 3.05) is 31.1 Å². The Morgan fingerprint density at radius 1 is 1.03 bits per heavy atom. The van der Waals surface area contributed by atoms with Crippen LogP contribution in [0.25, 0.3) is 0 Å². The van der Waals surface area contributed by atoms with E-state index in [9.17, 15) is 27.2 Å². The number of carbonyl (C=O) groups is 3. The molecule has 1 N–H and O–H groups in total. The molecule has 0 aliphatic carbocycles. The van der Waals surface area contributed by atoms with E-state index in [1.54, 1.807) is 21.9 Å². The first kappa shape index (κ1) is 26.1. The van der Waals surface area contributed by atoms with Gasteiger partial charge < -0.3 is 14.9 Å². The van der Waals surface area contributed by atoms with E-state index in [1.165, 1.54) is 19.1 Å². The van der Waals surface area contributed by atoms with Crippen molar-refractivity contribution in [3.63, 3.8) is 0 Å². The smallest absolute Gasteiger partial charge is 0.475 e. The number of anilines is 1. The van der Waals surface area contributed by atoms with Crippen LogP contribution in [0.2, 0.25) is 0 Å². The van der Waals surface area contributed by atoms with Gasteiger partial charge in [0, 0.05) is 32.2 Å². The Morgan fingerprint density at radius 3 is 2.17 bits per heavy atom. The molecule has 0 aromatic heterocycles. The number of piperazine rings is 1. The second-order valence-corrected chi connectivity index (χ2v) is 8.53. The lowest BCUT2D eigenvalue weighted by atomic mass is 9.91. The highest BCUT2D eigenvalue weighted by molar-refractivity contribution is 5.98. The van der Waals surface area contributed by atoms with Crippen LogP contribution in [0.15, 0.2) is 54.6 Å². The summed E-state index contributed by atoms with van der Waals surface area (Å²) in [4.78, 5) is 39.8. The number of carbonyl (C=O) groups excluding carboxylic acids is 2. The molecule has 1 atom stereocenters. The first-order valence-electron chi connectivity index (χ1n) is 10.8. The van der Waals surface area contributed by atoms with E-state index in [-0.39, 0.29) is 24.2 Å². The Morgan fingerprint density at radius 2 is 1.63 bits per heavy atom. The summed E-state index contributed by atoms with van der Waals surface area (Å²) >= 11 is 0. The number of amides is 2. The SMILES string of the molecule is CC(=O)N1CC(=O)N(c2ccccc2)CC12CCN(Cc1ccc(F)cc1)C2.O=C(O)C(F)(F)F. The fourth-order valence-electron chi connectivity index (χ4n) is 4.42. The number of carboxylic acids is 1. The Kier molecular flexibility index (Phi) is 7.79. The summed E-state index contributed by atoms with van der Waals surface area (Å²) in [5, 5.41) is 7.12. The van der Waals surface area contributed by atoms with Crippen molar-refractivity contribution in [1.29, 1.82) is 0 Å². The standard InChI is InChI=1S/C22H24FN3O2.C2HF3O2/c1-17(27)26-14-21(28)25(20-5-3-2-4-6-20)16-22(26)11-12-24(15-22)13-18-7-9-19(23)10-8-18;3-2(4,5)1(6)7/h2-10H,11-16H2,1H3;(H,6,7). The number of rotatable bonds is 3. The van der Waals surface area contributed by atoms with E-state index in [4.69, 9.17) is 9.90 Å². The molecule has 2 fully saturated rings. The minimum absolute atomic E-state index is 0.0518. The van der Waals surface area contributed by atoms with Crippen LogP contribution in [0.1, 0.15) is 18.9 Å². The fraction of sp³-hybridized carbons (Fsp3) is 0.375. The molecule has 2 aromatic carbocycles. The third kappa shape index (κ3) is 6.36. The minimum atomic E-state index is -5.08. The van der Waals surface area contributed by atoms with Gasteiger partial charge in [0.05, 0.1) is 12.1 Å². The first-order valence-corrected chi connectivity index (χ1v) is 10.8. The highest BCUT2D eigenvalue weighted by Crippen LogP contribution is 2.35. The highest BCUT2D eigenvalue weighted by atomic mass is 19.4. The van der Waals surface area contributed by atoms with Crippen molar-refractivity contribution in [1.82, 2.24) is 9.80 Å². The maximum Gasteiger partial charge on any atom is 0.490 e. The molecule has 1 unspecified atom stereocenters. The second-order valence-electron chi connectivity index (χ2n) is 8.53. The van der Waals surface area contributed by atoms with E-state index in [1.807, 2.05) is 30.3 Å². The first-order chi connectivity index (χ1) is 16.4. The number of hydrogen-bond acceptors (Lipinski definition) is 4. The van der Waals surface area contributed by atoms with Crippen LogP contribution in [0.5, 0.6) is 0 Å². The molecule has 0 saturated carbocycles. The van der Waals surface area contributed by atoms with Gasteiger partial charge in [0.15, 0.2) is 0 Å². The van der Waals surface area contributed by atoms with Gasteiger partial charge in [-0.05, 0) is 36.2 Å². The van der Waals surface area contributed by atoms with Gasteiger partial charge in [0.1, 0.15) is 12.4 Å². The fourth-order valence-corrected chi connectivity index (χ4v) is 4.42. The highest BCUT2D eigenvalue weighted by Gasteiger charge is 2.50. The Labute approximate surface area is 199 Å². The van der Waals surface area contributed by atoms with Crippen molar-refractivity contribution < 1.29 is 37.1 Å². The van der Waals surface area contributed by atoms with Crippen LogP contribution < -0.4 is 4.90 Å². The molecule has 2 amide bonds. The molecule has 11 heteroatoms. The lowest BCUT2D eigenvalue weighted by molar-refractivity contribution is -0.192. The van der Waals surface area contributed by atoms with Gasteiger partial charge in [0.25, 0.3) is 0 Å². The van der Waals surface area contributed by atoms with E-state index in [0.717, 1.165) is 24.2 Å². The van der Waals surface area contributed by atoms with Crippen molar-refractivity contribution in [2.24, 2.45) is 0 Å². The summed E-state index contributed by atoms with van der Waals surface area (Å²) in [6, 6.07) is 16.2. The zero-order valence-electron chi connectivity index (χ0n) is 19.0. The number of likely N-dealkylation sites (tertiary alicyclic amines) is 1. The Hall–Kier alpha value is -3.47. The van der Waals surface area contributed by atoms with Crippen molar-refractivity contribution in [3.8, 4) is 0 Å². The zero-order chi connectivity index (χ0) is 25.8. The topological polar surface area (TPSA) is 81.2 Å². The quantitative estimate of drug-likeness (QED) is 0.661. The van der Waals surface area contributed by atoms with Crippen molar-refractivity contribution in [2.45, 2.75) is 31.6 Å². The molecule has 2 aliphatic rings. The molecule has 4 rings (SSSR count). The molecule has 7 nitrogen and oxygen atoms in total. The van der Waals surface area contributed by atoms with Gasteiger partial charge in [-0.25, -0.2) is 9.18 Å². The minimum Gasteiger partial charge on any atom is -0.475 e. The predicted molar refractivity (Wildman–Crippen MR) is 119 cm³/mol. The molecule has 35 heavy (non-hydrogen) atoms. The number of nitrogens with zero attached hydrogens (tertiary/aromatic N) is 3. The van der Waals surface area contributed by atoms with Crippen LogP contribution in [-0.4, -0.2) is 70.6 Å². The molecular formula is C24H25F4N3O4. The summed E-state index contributed by atoms with van der Waals surface area (Å²) in [5.74, 6) is -3.12. The average molecular weight is 495 g/mol. The molecule has 2 aliphatic heterocycles. The molecule has 0 bridgehead atoms. The zero-order valence-corrected chi connectivity index (χ0v) is 19.0. The van der Waals surface area contributed by atoms with Crippen molar-refractivity contribution >= 4 is 23.5 Å². The third-order valence-corrected chi connectivity index (χ3v) is 6.04. The molecular weight excluding hydrogens is 470 g/mol. The summed E-state index contributed by atoms with van der Waals surface area (Å²) in [5.41, 5.74) is 1.52. The van der Waals surface area contributed by atoms with Crippen LogP contribution >= 0.6 is 0 Å². The molecule has 2 aromatic rings. The lowest BCUT2D eigenvalue weighted by Crippen LogP contribution is -2.66. The number of halogens is 4. The molecule has 188 valence electrons. The summed E-state index contributed by atoms with van der Waals surface area (Å²) in [6.07, 6.45) is -4.27. The number of para-hydroxylation sites is 1. The number of alkyl halides is 3. The number of carboxylic acid groups (broad SMARTS) is 1. The van der Waals surface area contributed by atoms with Crippen LogP contribution in [0.3, 0.4) is 0 Å². The Balaban J connectivity index is 0.000000429. The summed E-state index contributed by atoms with van der Waals surface area (Å²) in [7, 11) is 0. The van der Waals surface area contributed by atoms with E-state index < -0.39 is 17.7 Å². The van der Waals surface area contributed by atoms with Gasteiger partial charge in [-0.15, -0.1) is 0 Å². The summed E-state index contributed by atoms with van der Waals surface area (Å²) < 4.78 is 44.9. The second kappa shape index (κ2) is 10.4. The van der Waals surface area contributed by atoms with Crippen LogP contribution in [-0.2, 0) is 20.9 Å². The van der Waals surface area contributed by atoms with Crippen LogP contribution in [0, 0.1) is 5.82 Å². The van der Waals surface area contributed by atoms with Gasteiger partial charge in [-0.2, -0.15) is 13.2 Å². The molecule has 1 spiro atoms. The van der Waals surface area contributed by atoms with E-state index in [0.29, 0.717) is 19.6 Å². The maximum atomic E-state index is 13.2. The number of benzene rings is 2. The normalized spacial score (nSPS) is 20.5. The third-order valence-electron chi connectivity index (χ3n) is 6.04. The largest absolute Gasteiger partial charge is 0.490 e. The summed E-state index contributed by atoms with van der Waals surface area (Å²) in [6.45, 7) is 4.37. The number of hydrogen-bond donors (Lipinski definition) is 1. The van der Waals surface area contributed by atoms with Crippen LogP contribution in [0.4, 0.5) is 23.2 Å². The maximum absolute atomic E-state index is 13.2. The molecule has 2 heterocycles. The van der Waals surface area contributed by atoms with Gasteiger partial charge in [-0.3, -0.25) is 14.5 Å². The predicted octanol–water partition coefficient (Wildman–Crippen LogP) is 3.30. The van der Waals surface area contributed by atoms with Gasteiger partial charge in [0.2, 0.25) is 11.8 Å². The lowest BCUT2D eigenvalue weighted by Gasteiger charge is -2.48. The molecule has 0 radical (unpaired) electrons. The Bertz CT molecular complexity index is 1060.